The molecule has 1 saturated carbocycles. The molecule has 0 heterocycles. The van der Waals surface area contributed by atoms with Gasteiger partial charge in [-0.25, -0.2) is 0 Å². The summed E-state index contributed by atoms with van der Waals surface area (Å²) < 4.78 is 5.83. The number of hydrogen-bond donors (Lipinski definition) is 1. The normalized spacial score (nSPS) is 20.7. The van der Waals surface area contributed by atoms with Crippen LogP contribution in [0.1, 0.15) is 82.6 Å². The summed E-state index contributed by atoms with van der Waals surface area (Å²) in [5.74, 6) is 0.688. The zero-order chi connectivity index (χ0) is 17.2. The molecule has 0 aromatic heterocycles. The highest BCUT2D eigenvalue weighted by Crippen LogP contribution is 2.36. The average molecular weight is 332 g/mol. The van der Waals surface area contributed by atoms with Gasteiger partial charge in [0.25, 0.3) is 0 Å². The summed E-state index contributed by atoms with van der Waals surface area (Å²) in [7, 11) is 0. The van der Waals surface area contributed by atoms with Gasteiger partial charge in [-0.15, -0.1) is 0 Å². The van der Waals surface area contributed by atoms with E-state index in [0.717, 1.165) is 44.5 Å². The highest BCUT2D eigenvalue weighted by atomic mass is 16.5. The van der Waals surface area contributed by atoms with E-state index >= 15 is 0 Å². The van der Waals surface area contributed by atoms with Crippen molar-refractivity contribution < 1.29 is 14.6 Å². The van der Waals surface area contributed by atoms with Gasteiger partial charge in [0, 0.05) is 0 Å². The minimum absolute atomic E-state index is 0.138. The fourth-order valence-corrected chi connectivity index (χ4v) is 3.58. The first-order valence-electron chi connectivity index (χ1n) is 9.66. The Bertz CT molecular complexity index is 472. The molecule has 2 rings (SSSR count). The van der Waals surface area contributed by atoms with E-state index in [9.17, 15) is 4.79 Å². The van der Waals surface area contributed by atoms with Crippen molar-refractivity contribution >= 4 is 5.97 Å². The molecule has 24 heavy (non-hydrogen) atoms. The number of unbranched alkanes of at least 4 members (excludes halogenated alkanes) is 5. The quantitative estimate of drug-likeness (QED) is 0.552. The summed E-state index contributed by atoms with van der Waals surface area (Å²) >= 11 is 0. The topological polar surface area (TPSA) is 46.5 Å². The molecule has 0 spiro atoms. The maximum atomic E-state index is 11.0. The van der Waals surface area contributed by atoms with Crippen molar-refractivity contribution in [3.8, 4) is 5.75 Å². The van der Waals surface area contributed by atoms with Crippen LogP contribution in [0.3, 0.4) is 0 Å². The van der Waals surface area contributed by atoms with Crippen molar-refractivity contribution in [3.05, 3.63) is 29.8 Å². The number of rotatable bonds is 10. The third kappa shape index (κ3) is 6.18. The minimum Gasteiger partial charge on any atom is -0.494 e. The molecule has 0 saturated heterocycles. The van der Waals surface area contributed by atoms with Crippen LogP contribution in [0.15, 0.2) is 24.3 Å². The predicted octanol–water partition coefficient (Wildman–Crippen LogP) is 5.78. The van der Waals surface area contributed by atoms with Crippen LogP contribution in [0.4, 0.5) is 0 Å². The van der Waals surface area contributed by atoms with E-state index in [1.165, 1.54) is 37.7 Å². The molecule has 3 nitrogen and oxygen atoms in total. The lowest BCUT2D eigenvalue weighted by Gasteiger charge is -2.26. The Labute approximate surface area is 146 Å². The molecule has 134 valence electrons. The lowest BCUT2D eigenvalue weighted by molar-refractivity contribution is -0.142. The largest absolute Gasteiger partial charge is 0.494 e. The Kier molecular flexibility index (Phi) is 8.14. The van der Waals surface area contributed by atoms with E-state index in [1.54, 1.807) is 0 Å². The van der Waals surface area contributed by atoms with Crippen LogP contribution < -0.4 is 4.74 Å². The zero-order valence-corrected chi connectivity index (χ0v) is 15.0. The van der Waals surface area contributed by atoms with Gasteiger partial charge in [0.1, 0.15) is 5.75 Å². The maximum Gasteiger partial charge on any atom is 0.306 e. The summed E-state index contributed by atoms with van der Waals surface area (Å²) in [6, 6.07) is 8.44. The van der Waals surface area contributed by atoms with E-state index < -0.39 is 5.97 Å². The van der Waals surface area contributed by atoms with Crippen molar-refractivity contribution in [2.75, 3.05) is 6.61 Å². The van der Waals surface area contributed by atoms with Crippen LogP contribution in [0, 0.1) is 5.92 Å². The van der Waals surface area contributed by atoms with Crippen molar-refractivity contribution in [1.29, 1.82) is 0 Å². The van der Waals surface area contributed by atoms with Crippen LogP contribution in [0.2, 0.25) is 0 Å². The van der Waals surface area contributed by atoms with Crippen LogP contribution in [-0.2, 0) is 4.79 Å². The molecule has 1 aromatic carbocycles. The Morgan fingerprint density at radius 3 is 2.25 bits per heavy atom. The van der Waals surface area contributed by atoms with Gasteiger partial charge in [0.15, 0.2) is 0 Å². The van der Waals surface area contributed by atoms with E-state index in [0.29, 0.717) is 5.92 Å². The second-order valence-corrected chi connectivity index (χ2v) is 7.07. The van der Waals surface area contributed by atoms with E-state index in [-0.39, 0.29) is 5.92 Å². The summed E-state index contributed by atoms with van der Waals surface area (Å²) in [5, 5.41) is 9.08. The number of carboxylic acid groups (broad SMARTS) is 1. The standard InChI is InChI=1S/C21H32O3/c1-2-3-4-5-6-7-16-24-20-14-12-18(13-15-20)17-8-10-19(11-9-17)21(22)23/h12-15,17,19H,2-11,16H2,1H3,(H,22,23). The second kappa shape index (κ2) is 10.4. The lowest BCUT2D eigenvalue weighted by Crippen LogP contribution is -2.20. The third-order valence-electron chi connectivity index (χ3n) is 5.19. The number of aliphatic carboxylic acids is 1. The van der Waals surface area contributed by atoms with Crippen molar-refractivity contribution in [2.24, 2.45) is 5.92 Å². The van der Waals surface area contributed by atoms with Gasteiger partial charge in [0.2, 0.25) is 0 Å². The molecular formula is C21H32O3. The summed E-state index contributed by atoms with van der Waals surface area (Å²) in [6.07, 6.45) is 11.2. The smallest absolute Gasteiger partial charge is 0.306 e. The Morgan fingerprint density at radius 1 is 1.00 bits per heavy atom. The predicted molar refractivity (Wildman–Crippen MR) is 97.6 cm³/mol. The van der Waals surface area contributed by atoms with Gasteiger partial charge in [0.05, 0.1) is 12.5 Å². The van der Waals surface area contributed by atoms with Gasteiger partial charge >= 0.3 is 5.97 Å². The Balaban J connectivity index is 1.67. The number of benzene rings is 1. The summed E-state index contributed by atoms with van der Waals surface area (Å²) in [5.41, 5.74) is 1.32. The van der Waals surface area contributed by atoms with Gasteiger partial charge in [-0.05, 0) is 55.7 Å². The molecular weight excluding hydrogens is 300 g/mol. The van der Waals surface area contributed by atoms with Crippen LogP contribution in [0.5, 0.6) is 5.75 Å². The molecule has 1 aliphatic rings. The Hall–Kier alpha value is -1.51. The molecule has 0 atom stereocenters. The van der Waals surface area contributed by atoms with Gasteiger partial charge in [-0.1, -0.05) is 51.2 Å². The minimum atomic E-state index is -0.633. The summed E-state index contributed by atoms with van der Waals surface area (Å²) in [6.45, 7) is 3.04. The summed E-state index contributed by atoms with van der Waals surface area (Å²) in [4.78, 5) is 11.0. The van der Waals surface area contributed by atoms with Crippen molar-refractivity contribution in [1.82, 2.24) is 0 Å². The highest BCUT2D eigenvalue weighted by Gasteiger charge is 2.26. The van der Waals surface area contributed by atoms with E-state index in [4.69, 9.17) is 9.84 Å². The molecule has 0 amide bonds. The number of ether oxygens (including phenoxy) is 1. The second-order valence-electron chi connectivity index (χ2n) is 7.07. The molecule has 0 unspecified atom stereocenters. The zero-order valence-electron chi connectivity index (χ0n) is 15.0. The molecule has 1 N–H and O–H groups in total. The van der Waals surface area contributed by atoms with Crippen LogP contribution in [-0.4, -0.2) is 17.7 Å². The molecule has 0 bridgehead atoms. The highest BCUT2D eigenvalue weighted by molar-refractivity contribution is 5.70. The molecule has 1 fully saturated rings. The fraction of sp³-hybridized carbons (Fsp3) is 0.667. The van der Waals surface area contributed by atoms with Gasteiger partial charge < -0.3 is 9.84 Å². The maximum absolute atomic E-state index is 11.0. The van der Waals surface area contributed by atoms with Crippen molar-refractivity contribution in [3.63, 3.8) is 0 Å². The average Bonchev–Trinajstić information content (AvgIpc) is 2.61. The molecule has 3 heteroatoms. The first-order chi connectivity index (χ1) is 11.7. The number of carbonyl (C=O) groups is 1. The third-order valence-corrected chi connectivity index (χ3v) is 5.19. The van der Waals surface area contributed by atoms with Crippen LogP contribution in [0.25, 0.3) is 0 Å². The lowest BCUT2D eigenvalue weighted by atomic mass is 9.79. The van der Waals surface area contributed by atoms with Gasteiger partial charge in [-0.3, -0.25) is 4.79 Å². The number of carboxylic acids is 1. The van der Waals surface area contributed by atoms with Crippen LogP contribution >= 0.6 is 0 Å². The Morgan fingerprint density at radius 2 is 1.62 bits per heavy atom. The molecule has 0 aliphatic heterocycles. The first-order valence-corrected chi connectivity index (χ1v) is 9.66. The van der Waals surface area contributed by atoms with Crippen molar-refractivity contribution in [2.45, 2.75) is 77.0 Å². The molecule has 1 aromatic rings. The number of hydrogen-bond acceptors (Lipinski definition) is 2. The molecule has 1 aliphatic carbocycles. The monoisotopic (exact) mass is 332 g/mol. The first kappa shape index (κ1) is 18.8. The van der Waals surface area contributed by atoms with E-state index in [1.807, 2.05) is 0 Å². The molecule has 0 radical (unpaired) electrons. The SMILES string of the molecule is CCCCCCCCOc1ccc(C2CCC(C(=O)O)CC2)cc1. The van der Waals surface area contributed by atoms with Gasteiger partial charge in [-0.2, -0.15) is 0 Å². The van der Waals surface area contributed by atoms with E-state index in [2.05, 4.69) is 31.2 Å². The fourth-order valence-electron chi connectivity index (χ4n) is 3.58.